The molecule has 1 aromatic carbocycles. The third kappa shape index (κ3) is 5.20. The van der Waals surface area contributed by atoms with Crippen molar-refractivity contribution in [3.63, 3.8) is 0 Å². The van der Waals surface area contributed by atoms with E-state index in [1.54, 1.807) is 0 Å². The number of phenolic OH excluding ortho intramolecular Hbond substituents is 1. The van der Waals surface area contributed by atoms with Gasteiger partial charge in [0.1, 0.15) is 30.0 Å². The molecule has 0 aromatic heterocycles. The van der Waals surface area contributed by atoms with Crippen molar-refractivity contribution >= 4 is 14.3 Å². The fraction of sp³-hybridized carbons (Fsp3) is 0.526. The molecule has 1 atom stereocenters. The van der Waals surface area contributed by atoms with Gasteiger partial charge in [0.15, 0.2) is 8.38 Å². The first kappa shape index (κ1) is 21.6. The lowest BCUT2D eigenvalue weighted by atomic mass is 9.95. The van der Waals surface area contributed by atoms with Gasteiger partial charge in [-0.3, -0.25) is 0 Å². The molecule has 27 heavy (non-hydrogen) atoms. The van der Waals surface area contributed by atoms with Gasteiger partial charge in [-0.2, -0.15) is 0 Å². The number of allylic oxidation sites excluding steroid dienone is 1. The molecular weight excluding hydrogens is 371 g/mol. The topological polar surface area (TPSA) is 94.5 Å². The molecule has 1 heterocycles. The SMILES string of the molecule is COc1c(C)c2c(c(O)c1C/C=C(\C)COCP(O)OC(C)C)C(=O)OC2. The Balaban J connectivity index is 2.08. The summed E-state index contributed by atoms with van der Waals surface area (Å²) < 4.78 is 21.2. The van der Waals surface area contributed by atoms with Crippen LogP contribution in [0.25, 0.3) is 0 Å². The summed E-state index contributed by atoms with van der Waals surface area (Å²) >= 11 is 0. The van der Waals surface area contributed by atoms with E-state index in [9.17, 15) is 14.8 Å². The normalized spacial score (nSPS) is 15.1. The summed E-state index contributed by atoms with van der Waals surface area (Å²) in [7, 11) is -0.0553. The van der Waals surface area contributed by atoms with E-state index in [0.717, 1.165) is 11.1 Å². The molecule has 1 aliphatic heterocycles. The molecule has 0 spiro atoms. The highest BCUT2D eigenvalue weighted by molar-refractivity contribution is 7.45. The fourth-order valence-electron chi connectivity index (χ4n) is 2.92. The molecule has 0 bridgehead atoms. The number of methoxy groups -OCH3 is 1. The molecule has 2 rings (SSSR count). The largest absolute Gasteiger partial charge is 0.507 e. The molecule has 0 saturated heterocycles. The lowest BCUT2D eigenvalue weighted by molar-refractivity contribution is 0.0533. The van der Waals surface area contributed by atoms with Crippen LogP contribution in [0.4, 0.5) is 0 Å². The first-order valence-corrected chi connectivity index (χ1v) is 10.1. The van der Waals surface area contributed by atoms with Crippen molar-refractivity contribution in [2.45, 2.75) is 46.8 Å². The van der Waals surface area contributed by atoms with Crippen LogP contribution in [0, 0.1) is 6.92 Å². The van der Waals surface area contributed by atoms with Gasteiger partial charge in [0.2, 0.25) is 0 Å². The van der Waals surface area contributed by atoms with Crippen LogP contribution in [0.1, 0.15) is 47.8 Å². The zero-order valence-electron chi connectivity index (χ0n) is 16.4. The van der Waals surface area contributed by atoms with E-state index in [1.807, 2.05) is 33.8 Å². The number of esters is 1. The van der Waals surface area contributed by atoms with Crippen LogP contribution in [0.2, 0.25) is 0 Å². The predicted octanol–water partition coefficient (Wildman–Crippen LogP) is 3.57. The molecule has 0 amide bonds. The average Bonchev–Trinajstić information content (AvgIpc) is 2.98. The Bertz CT molecular complexity index is 728. The molecule has 1 aliphatic rings. The monoisotopic (exact) mass is 398 g/mol. The van der Waals surface area contributed by atoms with E-state index in [4.69, 9.17) is 18.7 Å². The van der Waals surface area contributed by atoms with Gasteiger partial charge < -0.3 is 28.7 Å². The average molecular weight is 398 g/mol. The predicted molar refractivity (Wildman–Crippen MR) is 102 cm³/mol. The maximum Gasteiger partial charge on any atom is 0.342 e. The summed E-state index contributed by atoms with van der Waals surface area (Å²) in [4.78, 5) is 21.6. The quantitative estimate of drug-likeness (QED) is 0.373. The molecule has 0 fully saturated rings. The van der Waals surface area contributed by atoms with Crippen LogP contribution in [0.15, 0.2) is 11.6 Å². The van der Waals surface area contributed by atoms with Gasteiger partial charge in [0, 0.05) is 11.1 Å². The van der Waals surface area contributed by atoms with Gasteiger partial charge in [0.25, 0.3) is 0 Å². The Kier molecular flexibility index (Phi) is 7.62. The lowest BCUT2D eigenvalue weighted by Gasteiger charge is -2.16. The minimum atomic E-state index is -1.59. The van der Waals surface area contributed by atoms with Crippen LogP contribution >= 0.6 is 8.38 Å². The van der Waals surface area contributed by atoms with Gasteiger partial charge in [-0.1, -0.05) is 11.6 Å². The molecule has 2 N–H and O–H groups in total. The number of phenols is 1. The number of fused-ring (bicyclic) bond motifs is 1. The van der Waals surface area contributed by atoms with E-state index in [2.05, 4.69) is 0 Å². The molecule has 0 aliphatic carbocycles. The summed E-state index contributed by atoms with van der Waals surface area (Å²) in [6.45, 7) is 7.92. The number of rotatable bonds is 9. The van der Waals surface area contributed by atoms with Crippen LogP contribution < -0.4 is 4.74 Å². The second-order valence-corrected chi connectivity index (χ2v) is 7.83. The lowest BCUT2D eigenvalue weighted by Crippen LogP contribution is -2.04. The Morgan fingerprint density at radius 3 is 2.74 bits per heavy atom. The van der Waals surface area contributed by atoms with Crippen molar-refractivity contribution in [1.82, 2.24) is 0 Å². The number of ether oxygens (including phenoxy) is 3. The number of hydrogen-bond donors (Lipinski definition) is 2. The van der Waals surface area contributed by atoms with Gasteiger partial charge in [0.05, 0.1) is 19.8 Å². The summed E-state index contributed by atoms with van der Waals surface area (Å²) in [6.07, 6.45) is 2.36. The van der Waals surface area contributed by atoms with Gasteiger partial charge in [-0.05, 0) is 39.7 Å². The standard InChI is InChI=1S/C19H27O7P/c1-11(2)26-27(22)10-24-8-12(3)6-7-14-17(20)16-15(9-25-19(16)21)13(4)18(14)23-5/h6,11,20,22H,7-10H2,1-5H3/b12-6+. The zero-order chi connectivity index (χ0) is 20.1. The third-order valence-electron chi connectivity index (χ3n) is 4.17. The van der Waals surface area contributed by atoms with Crippen molar-refractivity contribution in [2.75, 3.05) is 20.1 Å². The van der Waals surface area contributed by atoms with Crippen molar-refractivity contribution in [3.8, 4) is 11.5 Å². The van der Waals surface area contributed by atoms with Gasteiger partial charge in [-0.15, -0.1) is 0 Å². The Labute approximate surface area is 160 Å². The number of carbonyl (C=O) groups is 1. The van der Waals surface area contributed by atoms with Crippen molar-refractivity contribution in [3.05, 3.63) is 33.9 Å². The number of carbonyl (C=O) groups excluding carboxylic acids is 1. The summed E-state index contributed by atoms with van der Waals surface area (Å²) in [5, 5.41) is 10.6. The number of cyclic esters (lactones) is 1. The second kappa shape index (κ2) is 9.51. The van der Waals surface area contributed by atoms with E-state index in [0.29, 0.717) is 29.9 Å². The van der Waals surface area contributed by atoms with Crippen molar-refractivity contribution < 1.29 is 33.5 Å². The molecule has 8 heteroatoms. The maximum absolute atomic E-state index is 11.9. The van der Waals surface area contributed by atoms with Crippen LogP contribution in [0.3, 0.4) is 0 Å². The molecule has 150 valence electrons. The smallest absolute Gasteiger partial charge is 0.342 e. The maximum atomic E-state index is 11.9. The molecule has 1 unspecified atom stereocenters. The van der Waals surface area contributed by atoms with Crippen molar-refractivity contribution in [2.24, 2.45) is 0 Å². The highest BCUT2D eigenvalue weighted by atomic mass is 31.2. The number of hydrogen-bond acceptors (Lipinski definition) is 7. The zero-order valence-corrected chi connectivity index (χ0v) is 17.3. The highest BCUT2D eigenvalue weighted by Crippen LogP contribution is 2.42. The Morgan fingerprint density at radius 1 is 1.41 bits per heavy atom. The molecular formula is C19H27O7P. The van der Waals surface area contributed by atoms with Gasteiger partial charge >= 0.3 is 5.97 Å². The Hall–Kier alpha value is -1.66. The molecule has 0 saturated carbocycles. The minimum Gasteiger partial charge on any atom is -0.507 e. The Morgan fingerprint density at radius 2 is 2.11 bits per heavy atom. The first-order chi connectivity index (χ1) is 12.8. The van der Waals surface area contributed by atoms with E-state index >= 15 is 0 Å². The van der Waals surface area contributed by atoms with Crippen LogP contribution in [0.5, 0.6) is 11.5 Å². The number of benzene rings is 1. The third-order valence-corrected chi connectivity index (χ3v) is 5.23. The fourth-order valence-corrected chi connectivity index (χ4v) is 3.72. The van der Waals surface area contributed by atoms with Crippen LogP contribution in [-0.2, 0) is 27.0 Å². The van der Waals surface area contributed by atoms with E-state index in [-0.39, 0.29) is 30.4 Å². The van der Waals surface area contributed by atoms with Crippen molar-refractivity contribution in [1.29, 1.82) is 0 Å². The molecule has 7 nitrogen and oxygen atoms in total. The highest BCUT2D eigenvalue weighted by Gasteiger charge is 2.31. The minimum absolute atomic E-state index is 0.0495. The molecule has 0 radical (unpaired) electrons. The summed E-state index contributed by atoms with van der Waals surface area (Å²) in [5.74, 6) is -0.0529. The van der Waals surface area contributed by atoms with E-state index in [1.165, 1.54) is 7.11 Å². The number of aromatic hydroxyl groups is 1. The van der Waals surface area contributed by atoms with E-state index < -0.39 is 14.3 Å². The second-order valence-electron chi connectivity index (χ2n) is 6.65. The first-order valence-electron chi connectivity index (χ1n) is 8.71. The summed E-state index contributed by atoms with van der Waals surface area (Å²) in [5.41, 5.74) is 3.15. The summed E-state index contributed by atoms with van der Waals surface area (Å²) in [6, 6.07) is 0. The van der Waals surface area contributed by atoms with Crippen LogP contribution in [-0.4, -0.2) is 42.1 Å². The molecule has 1 aromatic rings. The van der Waals surface area contributed by atoms with Gasteiger partial charge in [-0.25, -0.2) is 4.79 Å².